The zero-order valence-corrected chi connectivity index (χ0v) is 14.0. The summed E-state index contributed by atoms with van der Waals surface area (Å²) in [5.74, 6) is -0.349. The predicted octanol–water partition coefficient (Wildman–Crippen LogP) is 1.73. The number of nitrogens with zero attached hydrogens (tertiary/aromatic N) is 3. The molecule has 0 atom stereocenters. The number of anilines is 1. The van der Waals surface area contributed by atoms with Crippen molar-refractivity contribution < 1.29 is 28.8 Å². The number of hydrogen-bond donors (Lipinski definition) is 1. The Hall–Kier alpha value is -2.20. The second-order valence-electron chi connectivity index (χ2n) is 4.92. The molecule has 2 rings (SSSR count). The number of rotatable bonds is 4. The molecule has 23 heavy (non-hydrogen) atoms. The number of aryl methyl sites for hydroxylation is 1. The zero-order chi connectivity index (χ0) is 17.5. The third kappa shape index (κ3) is 6.20. The Labute approximate surface area is 134 Å². The molecular formula is C13H23N4O6+. The van der Waals surface area contributed by atoms with Crippen molar-refractivity contribution in [3.8, 4) is 0 Å². The predicted molar refractivity (Wildman–Crippen MR) is 80.1 cm³/mol. The van der Waals surface area contributed by atoms with Gasteiger partial charge in [0.15, 0.2) is 16.4 Å². The molecule has 1 N–H and O–H groups in total. The Kier molecular flexibility index (Phi) is 6.91. The SMILES string of the molecule is CC1(C)OCCO1.CCOC(=O)Nc1cn(C)nc1[N+](=O)OC. The molecule has 1 amide bonds. The highest BCUT2D eigenvalue weighted by molar-refractivity contribution is 5.86. The first-order valence-corrected chi connectivity index (χ1v) is 7.05. The Morgan fingerprint density at radius 3 is 2.52 bits per heavy atom. The largest absolute Gasteiger partial charge is 0.457 e. The molecule has 1 aliphatic heterocycles. The van der Waals surface area contributed by atoms with Crippen LogP contribution in [0.2, 0.25) is 0 Å². The molecule has 0 spiro atoms. The molecule has 0 unspecified atom stereocenters. The van der Waals surface area contributed by atoms with Crippen LogP contribution in [0.25, 0.3) is 0 Å². The Morgan fingerprint density at radius 1 is 1.48 bits per heavy atom. The van der Waals surface area contributed by atoms with E-state index in [-0.39, 0.29) is 28.8 Å². The summed E-state index contributed by atoms with van der Waals surface area (Å²) >= 11 is 0. The summed E-state index contributed by atoms with van der Waals surface area (Å²) in [7, 11) is 2.82. The molecular weight excluding hydrogens is 308 g/mol. The lowest BCUT2D eigenvalue weighted by Crippen LogP contribution is -2.18. The first kappa shape index (κ1) is 18.8. The molecule has 10 heteroatoms. The van der Waals surface area contributed by atoms with Crippen molar-refractivity contribution in [1.29, 1.82) is 0 Å². The summed E-state index contributed by atoms with van der Waals surface area (Å²) in [5.41, 5.74) is 0.220. The first-order valence-electron chi connectivity index (χ1n) is 7.05. The van der Waals surface area contributed by atoms with Crippen LogP contribution in [0.3, 0.4) is 0 Å². The van der Waals surface area contributed by atoms with Gasteiger partial charge in [-0.2, -0.15) is 4.68 Å². The van der Waals surface area contributed by atoms with Crippen LogP contribution in [-0.4, -0.2) is 53.5 Å². The van der Waals surface area contributed by atoms with E-state index in [9.17, 15) is 9.70 Å². The van der Waals surface area contributed by atoms with E-state index in [2.05, 4.69) is 20.0 Å². The molecule has 1 aromatic heterocycles. The van der Waals surface area contributed by atoms with Crippen molar-refractivity contribution in [2.24, 2.45) is 7.05 Å². The van der Waals surface area contributed by atoms with E-state index < -0.39 is 6.09 Å². The van der Waals surface area contributed by atoms with Crippen molar-refractivity contribution in [3.63, 3.8) is 0 Å². The van der Waals surface area contributed by atoms with E-state index in [4.69, 9.17) is 9.47 Å². The molecule has 0 aromatic carbocycles. The van der Waals surface area contributed by atoms with Crippen LogP contribution in [0, 0.1) is 4.91 Å². The van der Waals surface area contributed by atoms with Gasteiger partial charge in [0.25, 0.3) is 0 Å². The van der Waals surface area contributed by atoms with Gasteiger partial charge in [0.05, 0.1) is 38.2 Å². The summed E-state index contributed by atoms with van der Waals surface area (Å²) in [4.78, 5) is 27.0. The number of aromatic nitrogens is 2. The van der Waals surface area contributed by atoms with Crippen LogP contribution in [0.15, 0.2) is 6.20 Å². The average molecular weight is 331 g/mol. The van der Waals surface area contributed by atoms with E-state index >= 15 is 0 Å². The van der Waals surface area contributed by atoms with E-state index in [1.54, 1.807) is 14.0 Å². The first-order chi connectivity index (χ1) is 10.8. The lowest BCUT2D eigenvalue weighted by atomic mass is 10.4. The van der Waals surface area contributed by atoms with Crippen molar-refractivity contribution in [1.82, 2.24) is 9.78 Å². The molecule has 130 valence electrons. The summed E-state index contributed by atoms with van der Waals surface area (Å²) in [6, 6.07) is 0. The molecule has 0 aliphatic carbocycles. The Bertz CT molecular complexity index is 535. The third-order valence-electron chi connectivity index (χ3n) is 2.64. The van der Waals surface area contributed by atoms with Gasteiger partial charge in [-0.25, -0.2) is 4.79 Å². The third-order valence-corrected chi connectivity index (χ3v) is 2.64. The lowest BCUT2D eigenvalue weighted by molar-refractivity contribution is -0.738. The van der Waals surface area contributed by atoms with Crippen molar-refractivity contribution in [2.75, 3.05) is 32.2 Å². The van der Waals surface area contributed by atoms with Crippen molar-refractivity contribution in [2.45, 2.75) is 26.6 Å². The molecule has 1 aliphatic rings. The molecule has 2 heterocycles. The van der Waals surface area contributed by atoms with Gasteiger partial charge < -0.3 is 19.0 Å². The topological polar surface area (TPSA) is 104 Å². The van der Waals surface area contributed by atoms with Gasteiger partial charge in [-0.3, -0.25) is 5.32 Å². The second-order valence-corrected chi connectivity index (χ2v) is 4.92. The minimum atomic E-state index is -0.652. The van der Waals surface area contributed by atoms with Crippen LogP contribution in [0.1, 0.15) is 20.8 Å². The maximum absolute atomic E-state index is 11.2. The number of nitrogens with one attached hydrogen (secondary N) is 1. The summed E-state index contributed by atoms with van der Waals surface area (Å²) < 4.78 is 16.3. The molecule has 1 aromatic rings. The smallest absolute Gasteiger partial charge is 0.450 e. The number of ether oxygens (including phenoxy) is 3. The molecule has 10 nitrogen and oxygen atoms in total. The van der Waals surface area contributed by atoms with E-state index in [0.717, 1.165) is 13.2 Å². The lowest BCUT2D eigenvalue weighted by Gasteiger charge is -2.13. The van der Waals surface area contributed by atoms with Gasteiger partial charge in [0.1, 0.15) is 7.11 Å². The fourth-order valence-corrected chi connectivity index (χ4v) is 1.68. The van der Waals surface area contributed by atoms with Crippen molar-refractivity contribution >= 4 is 17.6 Å². The highest BCUT2D eigenvalue weighted by atomic mass is 16.8. The molecule has 0 radical (unpaired) electrons. The minimum absolute atomic E-state index is 0.0435. The number of carbonyl (C=O) groups excluding carboxylic acids is 1. The van der Waals surface area contributed by atoms with Crippen LogP contribution >= 0.6 is 0 Å². The van der Waals surface area contributed by atoms with Crippen molar-refractivity contribution in [3.05, 3.63) is 11.1 Å². The highest BCUT2D eigenvalue weighted by Crippen LogP contribution is 2.21. The number of amides is 1. The zero-order valence-electron chi connectivity index (χ0n) is 14.0. The molecule has 1 saturated heterocycles. The summed E-state index contributed by atoms with van der Waals surface area (Å²) in [5, 5.41) is 6.21. The maximum atomic E-state index is 11.2. The number of carbonyl (C=O) groups is 1. The van der Waals surface area contributed by atoms with Crippen LogP contribution < -0.4 is 5.32 Å². The standard InChI is InChI=1S/C8H12N4O4.C5H10O2/c1-4-16-8(13)9-6-5-11(2)10-7(6)12(14)15-3;1-5(2)6-3-4-7-5/h5H,4H2,1-3H3;3-4H2,1-2H3/p+1. The average Bonchev–Trinajstić information content (AvgIpc) is 3.04. The fraction of sp³-hybridized carbons (Fsp3) is 0.692. The second kappa shape index (κ2) is 8.44. The monoisotopic (exact) mass is 331 g/mol. The maximum Gasteiger partial charge on any atom is 0.457 e. The Balaban J connectivity index is 0.000000313. The summed E-state index contributed by atoms with van der Waals surface area (Å²) in [6.07, 6.45) is 0.817. The minimum Gasteiger partial charge on any atom is -0.450 e. The number of hydrogen-bond acceptors (Lipinski definition) is 7. The molecule has 0 saturated carbocycles. The van der Waals surface area contributed by atoms with E-state index in [1.165, 1.54) is 18.0 Å². The van der Waals surface area contributed by atoms with Gasteiger partial charge in [-0.1, -0.05) is 0 Å². The summed E-state index contributed by atoms with van der Waals surface area (Å²) in [6.45, 7) is 7.24. The van der Waals surface area contributed by atoms with E-state index in [1.807, 2.05) is 13.8 Å². The fourth-order valence-electron chi connectivity index (χ4n) is 1.68. The van der Waals surface area contributed by atoms with E-state index in [0.29, 0.717) is 0 Å². The molecule has 1 fully saturated rings. The normalized spacial score (nSPS) is 15.3. The van der Waals surface area contributed by atoms with Gasteiger partial charge >= 0.3 is 11.9 Å². The van der Waals surface area contributed by atoms with Gasteiger partial charge in [-0.05, 0) is 25.7 Å². The van der Waals surface area contributed by atoms with Crippen LogP contribution in [0.4, 0.5) is 16.3 Å². The van der Waals surface area contributed by atoms with Crippen LogP contribution in [0.5, 0.6) is 0 Å². The van der Waals surface area contributed by atoms with Crippen LogP contribution in [-0.2, 0) is 26.1 Å². The van der Waals surface area contributed by atoms with Gasteiger partial charge in [-0.15, -0.1) is 0 Å². The van der Waals surface area contributed by atoms with Gasteiger partial charge in [0.2, 0.25) is 0 Å². The molecule has 0 bridgehead atoms. The highest BCUT2D eigenvalue weighted by Gasteiger charge is 2.27. The van der Waals surface area contributed by atoms with Gasteiger partial charge in [0, 0.05) is 0 Å². The Morgan fingerprint density at radius 2 is 2.09 bits per heavy atom. The quantitative estimate of drug-likeness (QED) is 0.838.